The molecule has 0 aliphatic carbocycles. The maximum atomic E-state index is 13.8. The SMILES string of the molecule is CC1Cc2cn(-c3nc(Cl)ncc3F)cc2C(=O)N1C(=O)O. The number of imide groups is 1. The zero-order valence-electron chi connectivity index (χ0n) is 11.3. The van der Waals surface area contributed by atoms with Crippen molar-refractivity contribution in [1.82, 2.24) is 19.4 Å². The van der Waals surface area contributed by atoms with Gasteiger partial charge in [0.2, 0.25) is 5.28 Å². The minimum absolute atomic E-state index is 0.100. The highest BCUT2D eigenvalue weighted by Gasteiger charge is 2.35. The lowest BCUT2D eigenvalue weighted by Gasteiger charge is -2.28. The van der Waals surface area contributed by atoms with Gasteiger partial charge in [-0.05, 0) is 30.5 Å². The first kappa shape index (κ1) is 14.5. The average Bonchev–Trinajstić information content (AvgIpc) is 2.85. The third-order valence-corrected chi connectivity index (χ3v) is 3.64. The fourth-order valence-corrected chi connectivity index (χ4v) is 2.64. The first-order valence-corrected chi connectivity index (χ1v) is 6.72. The summed E-state index contributed by atoms with van der Waals surface area (Å²) >= 11 is 5.65. The van der Waals surface area contributed by atoms with Gasteiger partial charge in [0.15, 0.2) is 11.6 Å². The number of halogens is 2. The first-order valence-electron chi connectivity index (χ1n) is 6.34. The van der Waals surface area contributed by atoms with Gasteiger partial charge in [0, 0.05) is 18.4 Å². The van der Waals surface area contributed by atoms with Crippen LogP contribution in [0.5, 0.6) is 0 Å². The van der Waals surface area contributed by atoms with Crippen molar-refractivity contribution in [2.24, 2.45) is 0 Å². The number of hydrogen-bond acceptors (Lipinski definition) is 4. The summed E-state index contributed by atoms with van der Waals surface area (Å²) in [5, 5.41) is 8.98. The van der Waals surface area contributed by atoms with Crippen LogP contribution in [0.15, 0.2) is 18.6 Å². The summed E-state index contributed by atoms with van der Waals surface area (Å²) in [6, 6.07) is -0.493. The Balaban J connectivity index is 2.09. The maximum Gasteiger partial charge on any atom is 0.414 e. The van der Waals surface area contributed by atoms with Gasteiger partial charge in [-0.15, -0.1) is 0 Å². The lowest BCUT2D eigenvalue weighted by Crippen LogP contribution is -2.46. The van der Waals surface area contributed by atoms with Gasteiger partial charge in [-0.3, -0.25) is 4.79 Å². The van der Waals surface area contributed by atoms with Crippen LogP contribution in [0.3, 0.4) is 0 Å². The molecule has 0 saturated carbocycles. The molecule has 1 aliphatic rings. The highest BCUT2D eigenvalue weighted by molar-refractivity contribution is 6.28. The lowest BCUT2D eigenvalue weighted by molar-refractivity contribution is 0.0657. The van der Waals surface area contributed by atoms with E-state index in [1.54, 1.807) is 13.1 Å². The van der Waals surface area contributed by atoms with Crippen molar-refractivity contribution in [2.45, 2.75) is 19.4 Å². The van der Waals surface area contributed by atoms with E-state index in [9.17, 15) is 14.0 Å². The van der Waals surface area contributed by atoms with Crippen molar-refractivity contribution >= 4 is 23.6 Å². The summed E-state index contributed by atoms with van der Waals surface area (Å²) in [6.45, 7) is 1.63. The van der Waals surface area contributed by atoms with Crippen molar-refractivity contribution in [2.75, 3.05) is 0 Å². The number of carboxylic acid groups (broad SMARTS) is 1. The molecule has 0 radical (unpaired) electrons. The molecule has 0 saturated heterocycles. The van der Waals surface area contributed by atoms with E-state index in [0.29, 0.717) is 12.0 Å². The largest absolute Gasteiger partial charge is 0.465 e. The highest BCUT2D eigenvalue weighted by atomic mass is 35.5. The molecule has 1 atom stereocenters. The molecule has 0 bridgehead atoms. The number of amides is 2. The molecule has 1 unspecified atom stereocenters. The number of carbonyl (C=O) groups is 2. The summed E-state index contributed by atoms with van der Waals surface area (Å²) in [6.07, 6.45) is 2.86. The summed E-state index contributed by atoms with van der Waals surface area (Å²) < 4.78 is 15.1. The van der Waals surface area contributed by atoms with Gasteiger partial charge in [0.05, 0.1) is 11.8 Å². The summed E-state index contributed by atoms with van der Waals surface area (Å²) in [5.41, 5.74) is 0.832. The Kier molecular flexibility index (Phi) is 3.32. The minimum Gasteiger partial charge on any atom is -0.465 e. The van der Waals surface area contributed by atoms with Crippen LogP contribution < -0.4 is 0 Å². The van der Waals surface area contributed by atoms with Crippen LogP contribution in [0.1, 0.15) is 22.8 Å². The van der Waals surface area contributed by atoms with Gasteiger partial charge in [0.25, 0.3) is 5.91 Å². The number of aromatic nitrogens is 3. The number of hydrogen-bond donors (Lipinski definition) is 1. The molecule has 9 heteroatoms. The second-order valence-corrected chi connectivity index (χ2v) is 5.26. The van der Waals surface area contributed by atoms with E-state index in [0.717, 1.165) is 11.1 Å². The van der Waals surface area contributed by atoms with E-state index >= 15 is 0 Å². The number of fused-ring (bicyclic) bond motifs is 1. The average molecular weight is 325 g/mol. The number of nitrogens with zero attached hydrogens (tertiary/aromatic N) is 4. The summed E-state index contributed by atoms with van der Waals surface area (Å²) in [5.74, 6) is -1.44. The van der Waals surface area contributed by atoms with Crippen LogP contribution >= 0.6 is 11.6 Å². The molecule has 2 aromatic rings. The van der Waals surface area contributed by atoms with Crippen molar-refractivity contribution in [1.29, 1.82) is 0 Å². The Bertz CT molecular complexity index is 792. The van der Waals surface area contributed by atoms with Crippen molar-refractivity contribution < 1.29 is 19.1 Å². The summed E-state index contributed by atoms with van der Waals surface area (Å²) in [7, 11) is 0. The fraction of sp³-hybridized carbons (Fsp3) is 0.231. The molecule has 0 spiro atoms. The highest BCUT2D eigenvalue weighted by Crippen LogP contribution is 2.26. The van der Waals surface area contributed by atoms with E-state index < -0.39 is 23.9 Å². The molecule has 2 aromatic heterocycles. The smallest absolute Gasteiger partial charge is 0.414 e. The molecule has 1 aliphatic heterocycles. The second kappa shape index (κ2) is 5.06. The molecule has 0 aromatic carbocycles. The topological polar surface area (TPSA) is 88.3 Å². The van der Waals surface area contributed by atoms with Gasteiger partial charge < -0.3 is 9.67 Å². The van der Waals surface area contributed by atoms with E-state index in [2.05, 4.69) is 9.97 Å². The Morgan fingerprint density at radius 2 is 2.23 bits per heavy atom. The third kappa shape index (κ3) is 2.21. The monoisotopic (exact) mass is 324 g/mol. The van der Waals surface area contributed by atoms with Crippen LogP contribution in [0.4, 0.5) is 9.18 Å². The van der Waals surface area contributed by atoms with E-state index in [1.165, 1.54) is 10.8 Å². The van der Waals surface area contributed by atoms with Crippen molar-refractivity contribution in [3.8, 4) is 5.82 Å². The van der Waals surface area contributed by atoms with E-state index in [1.807, 2.05) is 0 Å². The van der Waals surface area contributed by atoms with Crippen LogP contribution in [0.2, 0.25) is 5.28 Å². The first-order chi connectivity index (χ1) is 10.4. The molecule has 3 rings (SSSR count). The molecule has 22 heavy (non-hydrogen) atoms. The zero-order chi connectivity index (χ0) is 16.0. The zero-order valence-corrected chi connectivity index (χ0v) is 12.1. The Morgan fingerprint density at radius 1 is 1.50 bits per heavy atom. The van der Waals surface area contributed by atoms with Gasteiger partial charge in [-0.2, -0.15) is 4.98 Å². The second-order valence-electron chi connectivity index (χ2n) is 4.93. The molecule has 114 valence electrons. The van der Waals surface area contributed by atoms with Crippen LogP contribution in [-0.2, 0) is 6.42 Å². The van der Waals surface area contributed by atoms with Crippen molar-refractivity contribution in [3.63, 3.8) is 0 Å². The fourth-order valence-electron chi connectivity index (χ4n) is 2.51. The number of rotatable bonds is 1. The predicted octanol–water partition coefficient (Wildman–Crippen LogP) is 2.12. The Hall–Kier alpha value is -2.48. The van der Waals surface area contributed by atoms with Crippen LogP contribution in [-0.4, -0.2) is 42.6 Å². The Morgan fingerprint density at radius 3 is 2.91 bits per heavy atom. The number of carbonyl (C=O) groups excluding carboxylic acids is 1. The molecule has 7 nitrogen and oxygen atoms in total. The van der Waals surface area contributed by atoms with E-state index in [-0.39, 0.29) is 16.7 Å². The van der Waals surface area contributed by atoms with Gasteiger partial charge in [-0.25, -0.2) is 19.1 Å². The molecule has 2 amide bonds. The maximum absolute atomic E-state index is 13.8. The molecular formula is C13H10ClFN4O3. The van der Waals surface area contributed by atoms with Gasteiger partial charge in [0.1, 0.15) is 0 Å². The molecular weight excluding hydrogens is 315 g/mol. The summed E-state index contributed by atoms with van der Waals surface area (Å²) in [4.78, 5) is 31.5. The molecule has 1 N–H and O–H groups in total. The van der Waals surface area contributed by atoms with Crippen LogP contribution in [0, 0.1) is 5.82 Å². The normalized spacial score (nSPS) is 17.5. The van der Waals surface area contributed by atoms with Gasteiger partial charge >= 0.3 is 6.09 Å². The molecule has 0 fully saturated rings. The van der Waals surface area contributed by atoms with Crippen molar-refractivity contribution in [3.05, 3.63) is 40.8 Å². The van der Waals surface area contributed by atoms with Crippen LogP contribution in [0.25, 0.3) is 5.82 Å². The molecule has 3 heterocycles. The lowest BCUT2D eigenvalue weighted by atomic mass is 9.99. The van der Waals surface area contributed by atoms with Gasteiger partial charge in [-0.1, -0.05) is 0 Å². The quantitative estimate of drug-likeness (QED) is 0.812. The standard InChI is InChI=1S/C13H10ClFN4O3/c1-6-2-7-4-18(10-9(15)3-16-12(14)17-10)5-8(7)11(20)19(6)13(21)22/h3-6H,2H2,1H3,(H,21,22). The Labute approximate surface area is 129 Å². The predicted molar refractivity (Wildman–Crippen MR) is 73.7 cm³/mol. The van der Waals surface area contributed by atoms with E-state index in [4.69, 9.17) is 16.7 Å². The third-order valence-electron chi connectivity index (χ3n) is 3.46. The minimum atomic E-state index is -1.31.